The van der Waals surface area contributed by atoms with Crippen LogP contribution in [0.2, 0.25) is 0 Å². The highest BCUT2D eigenvalue weighted by molar-refractivity contribution is 7.26. The van der Waals surface area contributed by atoms with E-state index in [0.717, 1.165) is 78.2 Å². The summed E-state index contributed by atoms with van der Waals surface area (Å²) in [5.74, 6) is 3.39. The van der Waals surface area contributed by atoms with Gasteiger partial charge in [0.05, 0.1) is 16.1 Å². The second-order valence-corrected chi connectivity index (χ2v) is 17.2. The molecule has 0 atom stereocenters. The fourth-order valence-electron chi connectivity index (χ4n) is 8.88. The van der Waals surface area contributed by atoms with Gasteiger partial charge in [0.2, 0.25) is 0 Å². The first-order valence-electron chi connectivity index (χ1n) is 20.3. The van der Waals surface area contributed by atoms with E-state index in [1.54, 1.807) is 0 Å². The number of hydrogen-bond donors (Lipinski definition) is 0. The van der Waals surface area contributed by atoms with E-state index in [1.165, 1.54) is 43.3 Å². The molecule has 0 aliphatic carbocycles. The largest absolute Gasteiger partial charge is 0.458 e. The molecule has 284 valence electrons. The number of thiophene rings is 1. The summed E-state index contributed by atoms with van der Waals surface area (Å²) < 4.78 is 16.7. The van der Waals surface area contributed by atoms with E-state index in [1.807, 2.05) is 11.3 Å². The van der Waals surface area contributed by atoms with Crippen molar-refractivity contribution in [1.82, 2.24) is 0 Å². The molecule has 0 saturated carbocycles. The maximum Gasteiger partial charge on any atom is 0.260 e. The van der Waals surface area contributed by atoms with Crippen LogP contribution < -0.4 is 35.7 Å². The zero-order valence-electron chi connectivity index (χ0n) is 33.7. The highest BCUT2D eigenvalue weighted by atomic mass is 32.1. The quantitative estimate of drug-likeness (QED) is 0.157. The van der Waals surface area contributed by atoms with Crippen molar-refractivity contribution in [3.8, 4) is 23.0 Å². The van der Waals surface area contributed by atoms with Crippen LogP contribution in [0.15, 0.2) is 158 Å². The summed E-state index contributed by atoms with van der Waals surface area (Å²) in [7, 11) is 0. The van der Waals surface area contributed by atoms with Crippen molar-refractivity contribution in [2.45, 2.75) is 34.6 Å². The Labute approximate surface area is 349 Å². The molecule has 0 fully saturated rings. The lowest BCUT2D eigenvalue weighted by molar-refractivity contribution is 0.467. The Bertz CT molecular complexity index is 3010. The molecule has 0 unspecified atom stereocenters. The molecule has 8 aromatic carbocycles. The van der Waals surface area contributed by atoms with Crippen molar-refractivity contribution < 1.29 is 9.47 Å². The standard InChI is InChI=1S/C53H41BN2O2S/c1-32-10-19-37(20-11-32)55(38-21-12-33(2)13-22-38)41-29-47-51-48(30-41)58-52-44(54(51)43-28-36(5)18-27-46(43)57-47)31-45(50-42-8-6-7-9-49(42)59-53(50)52)56(39-23-14-34(3)15-24-39)40-25-16-35(4)17-26-40/h6-31H,1-5H3. The number of benzene rings is 8. The van der Waals surface area contributed by atoms with E-state index < -0.39 is 0 Å². The van der Waals surface area contributed by atoms with Crippen molar-refractivity contribution in [1.29, 1.82) is 0 Å². The molecule has 0 amide bonds. The third-order valence-electron chi connectivity index (χ3n) is 11.9. The molecule has 4 nitrogen and oxygen atoms in total. The first-order chi connectivity index (χ1) is 28.8. The number of aryl methyl sites for hydroxylation is 5. The third-order valence-corrected chi connectivity index (χ3v) is 13.0. The van der Waals surface area contributed by atoms with Crippen molar-refractivity contribution in [3.63, 3.8) is 0 Å². The predicted molar refractivity (Wildman–Crippen MR) is 250 cm³/mol. The topological polar surface area (TPSA) is 24.9 Å². The predicted octanol–water partition coefficient (Wildman–Crippen LogP) is 13.3. The summed E-state index contributed by atoms with van der Waals surface area (Å²) in [5.41, 5.74) is 15.8. The Kier molecular flexibility index (Phi) is 8.21. The molecule has 9 aromatic rings. The van der Waals surface area contributed by atoms with Gasteiger partial charge < -0.3 is 19.3 Å². The number of ether oxygens (including phenoxy) is 2. The van der Waals surface area contributed by atoms with Gasteiger partial charge >= 0.3 is 0 Å². The van der Waals surface area contributed by atoms with E-state index >= 15 is 0 Å². The molecule has 3 heterocycles. The first kappa shape index (κ1) is 35.4. The molecule has 59 heavy (non-hydrogen) atoms. The van der Waals surface area contributed by atoms with Gasteiger partial charge in [0.1, 0.15) is 23.0 Å². The molecular formula is C53H41BN2O2S. The van der Waals surface area contributed by atoms with Crippen LogP contribution in [0.5, 0.6) is 23.0 Å². The molecule has 11 rings (SSSR count). The normalized spacial score (nSPS) is 12.4. The average Bonchev–Trinajstić information content (AvgIpc) is 3.64. The lowest BCUT2D eigenvalue weighted by Gasteiger charge is -2.36. The van der Waals surface area contributed by atoms with Crippen LogP contribution in [-0.4, -0.2) is 6.71 Å². The van der Waals surface area contributed by atoms with Gasteiger partial charge in [-0.1, -0.05) is 107 Å². The van der Waals surface area contributed by atoms with Gasteiger partial charge in [0, 0.05) is 55.8 Å². The maximum atomic E-state index is 7.38. The van der Waals surface area contributed by atoms with Crippen LogP contribution >= 0.6 is 11.3 Å². The Morgan fingerprint density at radius 1 is 0.441 bits per heavy atom. The van der Waals surface area contributed by atoms with Crippen LogP contribution in [-0.2, 0) is 0 Å². The van der Waals surface area contributed by atoms with Gasteiger partial charge in [-0.15, -0.1) is 11.3 Å². The average molecular weight is 781 g/mol. The van der Waals surface area contributed by atoms with Crippen molar-refractivity contribution >= 4 is 88.7 Å². The number of rotatable bonds is 6. The highest BCUT2D eigenvalue weighted by Crippen LogP contribution is 2.51. The summed E-state index contributed by atoms with van der Waals surface area (Å²) in [6.07, 6.45) is 0. The third kappa shape index (κ3) is 5.89. The van der Waals surface area contributed by atoms with Crippen LogP contribution in [0.1, 0.15) is 27.8 Å². The lowest BCUT2D eigenvalue weighted by atomic mass is 9.34. The van der Waals surface area contributed by atoms with E-state index in [-0.39, 0.29) is 6.71 Å². The van der Waals surface area contributed by atoms with Crippen molar-refractivity contribution in [2.75, 3.05) is 9.80 Å². The van der Waals surface area contributed by atoms with Crippen molar-refractivity contribution in [2.24, 2.45) is 0 Å². The second-order valence-electron chi connectivity index (χ2n) is 16.2. The maximum absolute atomic E-state index is 7.38. The SMILES string of the molecule is Cc1ccc(N(c2ccc(C)cc2)c2cc3c4c(c2)Oc2c(cc(N(c5ccc(C)cc5)c5ccc(C)cc5)c5c2sc2ccccc25)B4c2cc(C)ccc2O3)cc1. The lowest BCUT2D eigenvalue weighted by Crippen LogP contribution is -2.57. The minimum Gasteiger partial charge on any atom is -0.458 e. The second kappa shape index (κ2) is 13.7. The molecule has 0 N–H and O–H groups in total. The molecular weight excluding hydrogens is 739 g/mol. The summed E-state index contributed by atoms with van der Waals surface area (Å²) in [6, 6.07) is 57.4. The zero-order valence-corrected chi connectivity index (χ0v) is 34.5. The Balaban J connectivity index is 1.20. The zero-order chi connectivity index (χ0) is 39.9. The van der Waals surface area contributed by atoms with Gasteiger partial charge in [-0.3, -0.25) is 0 Å². The van der Waals surface area contributed by atoms with Gasteiger partial charge in [0.25, 0.3) is 6.71 Å². The van der Waals surface area contributed by atoms with E-state index in [0.29, 0.717) is 0 Å². The van der Waals surface area contributed by atoms with E-state index in [4.69, 9.17) is 9.47 Å². The van der Waals surface area contributed by atoms with Crippen molar-refractivity contribution in [3.05, 3.63) is 186 Å². The Hall–Kier alpha value is -6.76. The molecule has 1 aromatic heterocycles. The van der Waals surface area contributed by atoms with Crippen LogP contribution in [0.3, 0.4) is 0 Å². The molecule has 0 radical (unpaired) electrons. The minimum atomic E-state index is -0.125. The minimum absolute atomic E-state index is 0.125. The molecule has 0 saturated heterocycles. The smallest absolute Gasteiger partial charge is 0.260 e. The summed E-state index contributed by atoms with van der Waals surface area (Å²) in [4.78, 5) is 4.73. The van der Waals surface area contributed by atoms with Gasteiger partial charge in [-0.25, -0.2) is 0 Å². The number of anilines is 6. The molecule has 0 spiro atoms. The fourth-order valence-corrected chi connectivity index (χ4v) is 10.1. The monoisotopic (exact) mass is 780 g/mol. The van der Waals surface area contributed by atoms with E-state index in [2.05, 4.69) is 202 Å². The van der Waals surface area contributed by atoms with Crippen LogP contribution in [0, 0.1) is 34.6 Å². The molecule has 6 heteroatoms. The Morgan fingerprint density at radius 3 is 1.53 bits per heavy atom. The summed E-state index contributed by atoms with van der Waals surface area (Å²) >= 11 is 1.81. The van der Waals surface area contributed by atoms with E-state index in [9.17, 15) is 0 Å². The number of nitrogens with zero attached hydrogens (tertiary/aromatic N) is 2. The molecule has 0 bridgehead atoms. The fraction of sp³-hybridized carbons (Fsp3) is 0.0943. The van der Waals surface area contributed by atoms with Gasteiger partial charge in [-0.05, 0) is 112 Å². The molecule has 2 aliphatic rings. The Morgan fingerprint density at radius 2 is 0.949 bits per heavy atom. The summed E-state index contributed by atoms with van der Waals surface area (Å²) in [5, 5.41) is 2.40. The number of fused-ring (bicyclic) bond motifs is 8. The first-order valence-corrected chi connectivity index (χ1v) is 21.1. The van der Waals surface area contributed by atoms with Crippen LogP contribution in [0.4, 0.5) is 34.1 Å². The summed E-state index contributed by atoms with van der Waals surface area (Å²) in [6.45, 7) is 10.6. The van der Waals surface area contributed by atoms with Crippen LogP contribution in [0.25, 0.3) is 20.2 Å². The highest BCUT2D eigenvalue weighted by Gasteiger charge is 2.43. The number of hydrogen-bond acceptors (Lipinski definition) is 5. The van der Waals surface area contributed by atoms with Gasteiger partial charge in [0.15, 0.2) is 0 Å². The molecule has 2 aliphatic heterocycles. The van der Waals surface area contributed by atoms with Gasteiger partial charge in [-0.2, -0.15) is 0 Å².